The van der Waals surface area contributed by atoms with Crippen molar-refractivity contribution < 1.29 is 4.42 Å². The largest absolute Gasteiger partial charge is 0.437 e. The Labute approximate surface area is 179 Å². The Balaban J connectivity index is 0.00000225. The highest BCUT2D eigenvalue weighted by atomic mass is 35.5. The van der Waals surface area contributed by atoms with Crippen molar-refractivity contribution in [2.24, 2.45) is 0 Å². The van der Waals surface area contributed by atoms with E-state index in [4.69, 9.17) is 27.6 Å². The van der Waals surface area contributed by atoms with Gasteiger partial charge in [0.15, 0.2) is 11.6 Å². The Bertz CT molecular complexity index is 1160. The van der Waals surface area contributed by atoms with E-state index in [9.17, 15) is 0 Å². The van der Waals surface area contributed by atoms with Crippen molar-refractivity contribution in [1.29, 1.82) is 0 Å². The monoisotopic (exact) mass is 435 g/mol. The third kappa shape index (κ3) is 3.64. The molecule has 28 heavy (non-hydrogen) atoms. The van der Waals surface area contributed by atoms with E-state index in [2.05, 4.69) is 35.7 Å². The zero-order chi connectivity index (χ0) is 19.3. The Kier molecular flexibility index (Phi) is 5.50. The lowest BCUT2D eigenvalue weighted by molar-refractivity contribution is 0.398. The number of halogens is 3. The van der Waals surface area contributed by atoms with Gasteiger partial charge in [-0.25, -0.2) is 9.97 Å². The van der Waals surface area contributed by atoms with Crippen molar-refractivity contribution in [2.45, 2.75) is 33.1 Å². The molecule has 0 spiro atoms. The molecule has 0 saturated carbocycles. The van der Waals surface area contributed by atoms with Gasteiger partial charge in [-0.2, -0.15) is 0 Å². The van der Waals surface area contributed by atoms with Gasteiger partial charge in [0.2, 0.25) is 5.89 Å². The number of hydrogen-bond acceptors (Lipinski definition) is 3. The van der Waals surface area contributed by atoms with Crippen LogP contribution in [0.15, 0.2) is 40.8 Å². The van der Waals surface area contributed by atoms with Crippen LogP contribution in [0.5, 0.6) is 0 Å². The second-order valence-electron chi connectivity index (χ2n) is 7.60. The predicted molar refractivity (Wildman–Crippen MR) is 118 cm³/mol. The van der Waals surface area contributed by atoms with Gasteiger partial charge in [-0.15, -0.1) is 12.4 Å². The number of rotatable bonds is 2. The summed E-state index contributed by atoms with van der Waals surface area (Å²) in [4.78, 5) is 12.5. The lowest BCUT2D eigenvalue weighted by Crippen LogP contribution is -2.11. The van der Waals surface area contributed by atoms with Crippen molar-refractivity contribution in [3.8, 4) is 22.7 Å². The fourth-order valence-corrected chi connectivity index (χ4v) is 3.48. The van der Waals surface area contributed by atoms with E-state index in [1.807, 2.05) is 43.3 Å². The normalized spacial score (nSPS) is 11.6. The third-order valence-corrected chi connectivity index (χ3v) is 5.00. The summed E-state index contributed by atoms with van der Waals surface area (Å²) in [6.07, 6.45) is 0. The van der Waals surface area contributed by atoms with Crippen LogP contribution in [0.25, 0.3) is 33.7 Å². The molecule has 0 radical (unpaired) electrons. The molecule has 4 rings (SSSR count). The summed E-state index contributed by atoms with van der Waals surface area (Å²) >= 11 is 12.8. The minimum Gasteiger partial charge on any atom is -0.437 e. The topological polar surface area (TPSA) is 54.7 Å². The summed E-state index contributed by atoms with van der Waals surface area (Å²) in [5, 5.41) is 1.23. The fraction of sp³-hybridized carbons (Fsp3) is 0.238. The van der Waals surface area contributed by atoms with Crippen LogP contribution in [-0.4, -0.2) is 15.0 Å². The summed E-state index contributed by atoms with van der Waals surface area (Å²) in [5.74, 6) is 1.92. The third-order valence-electron chi connectivity index (χ3n) is 4.38. The van der Waals surface area contributed by atoms with Crippen molar-refractivity contribution in [1.82, 2.24) is 15.0 Å². The first-order valence-electron chi connectivity index (χ1n) is 8.66. The van der Waals surface area contributed by atoms with E-state index in [1.165, 1.54) is 0 Å². The molecular formula is C21H20Cl3N3O. The van der Waals surface area contributed by atoms with Crippen molar-refractivity contribution >= 4 is 46.6 Å². The second kappa shape index (κ2) is 7.43. The van der Waals surface area contributed by atoms with Crippen LogP contribution in [0.2, 0.25) is 10.0 Å². The van der Waals surface area contributed by atoms with Gasteiger partial charge in [-0.05, 0) is 30.7 Å². The molecule has 2 aromatic heterocycles. The Morgan fingerprint density at radius 2 is 1.71 bits per heavy atom. The fourth-order valence-electron chi connectivity index (χ4n) is 2.97. The van der Waals surface area contributed by atoms with Gasteiger partial charge in [0.25, 0.3) is 0 Å². The van der Waals surface area contributed by atoms with Crippen LogP contribution in [0.4, 0.5) is 0 Å². The molecule has 0 unspecified atom stereocenters. The molecule has 4 nitrogen and oxygen atoms in total. The number of oxazole rings is 1. The number of aromatic amines is 1. The van der Waals surface area contributed by atoms with Crippen molar-refractivity contribution in [3.63, 3.8) is 0 Å². The molecule has 0 fully saturated rings. The van der Waals surface area contributed by atoms with E-state index < -0.39 is 0 Å². The standard InChI is InChI=1S/C21H19Cl2N3O.ClH/c1-11-18(27-20(24-11)21(2,3)4)19-25-16-10-12(9-15(23)17(16)26-19)13-7-5-6-8-14(13)22;/h5-10H,1-4H3,(H,25,26);1H. The molecule has 0 aliphatic rings. The first kappa shape index (κ1) is 20.7. The van der Waals surface area contributed by atoms with Gasteiger partial charge in [0, 0.05) is 16.0 Å². The number of benzene rings is 2. The van der Waals surface area contributed by atoms with Gasteiger partial charge in [-0.1, -0.05) is 62.2 Å². The first-order chi connectivity index (χ1) is 12.7. The highest BCUT2D eigenvalue weighted by Gasteiger charge is 2.24. The maximum atomic E-state index is 6.51. The predicted octanol–water partition coefficient (Wildman–Crippen LogP) is 7.22. The molecular weight excluding hydrogens is 417 g/mol. The van der Waals surface area contributed by atoms with E-state index in [0.29, 0.717) is 33.0 Å². The van der Waals surface area contributed by atoms with Gasteiger partial charge < -0.3 is 9.40 Å². The maximum Gasteiger partial charge on any atom is 0.200 e. The summed E-state index contributed by atoms with van der Waals surface area (Å²) in [6, 6.07) is 11.6. The molecule has 0 amide bonds. The molecule has 0 bridgehead atoms. The Hall–Kier alpha value is -2.01. The minimum absolute atomic E-state index is 0. The number of hydrogen-bond donors (Lipinski definition) is 1. The molecule has 0 saturated heterocycles. The lowest BCUT2D eigenvalue weighted by atomic mass is 9.97. The second-order valence-corrected chi connectivity index (χ2v) is 8.42. The molecule has 0 aliphatic heterocycles. The van der Waals surface area contributed by atoms with Gasteiger partial charge in [0.05, 0.1) is 16.2 Å². The van der Waals surface area contributed by atoms with Gasteiger partial charge in [0.1, 0.15) is 5.52 Å². The number of fused-ring (bicyclic) bond motifs is 1. The van der Waals surface area contributed by atoms with E-state index in [0.717, 1.165) is 22.3 Å². The quantitative estimate of drug-likeness (QED) is 0.361. The van der Waals surface area contributed by atoms with Crippen LogP contribution in [0, 0.1) is 6.92 Å². The molecule has 0 atom stereocenters. The van der Waals surface area contributed by atoms with Crippen molar-refractivity contribution in [3.05, 3.63) is 58.0 Å². The van der Waals surface area contributed by atoms with Crippen LogP contribution in [-0.2, 0) is 5.41 Å². The summed E-state index contributed by atoms with van der Waals surface area (Å²) in [5.41, 5.74) is 3.98. The molecule has 4 aromatic rings. The number of aryl methyl sites for hydroxylation is 1. The van der Waals surface area contributed by atoms with E-state index >= 15 is 0 Å². The summed E-state index contributed by atoms with van der Waals surface area (Å²) < 4.78 is 6.00. The Morgan fingerprint density at radius 3 is 2.36 bits per heavy atom. The molecule has 1 N–H and O–H groups in total. The number of nitrogens with one attached hydrogen (secondary N) is 1. The average molecular weight is 437 g/mol. The number of H-pyrrole nitrogens is 1. The minimum atomic E-state index is -0.177. The number of aromatic nitrogens is 3. The molecule has 146 valence electrons. The van der Waals surface area contributed by atoms with Gasteiger partial charge >= 0.3 is 0 Å². The molecule has 2 aromatic carbocycles. The highest BCUT2D eigenvalue weighted by Crippen LogP contribution is 2.35. The molecule has 7 heteroatoms. The van der Waals surface area contributed by atoms with E-state index in [-0.39, 0.29) is 17.8 Å². The van der Waals surface area contributed by atoms with E-state index in [1.54, 1.807) is 0 Å². The highest BCUT2D eigenvalue weighted by molar-refractivity contribution is 6.36. The zero-order valence-electron chi connectivity index (χ0n) is 15.9. The zero-order valence-corrected chi connectivity index (χ0v) is 18.3. The SMILES string of the molecule is Cc1nc(C(C)(C)C)oc1-c1nc2c(Cl)cc(-c3ccccc3Cl)cc2[nH]1.Cl. The Morgan fingerprint density at radius 1 is 1.00 bits per heavy atom. The first-order valence-corrected chi connectivity index (χ1v) is 9.42. The average Bonchev–Trinajstić information content (AvgIpc) is 3.18. The number of imidazole rings is 1. The smallest absolute Gasteiger partial charge is 0.200 e. The van der Waals surface area contributed by atoms with Crippen LogP contribution in [0.1, 0.15) is 32.4 Å². The summed E-state index contributed by atoms with van der Waals surface area (Å²) in [7, 11) is 0. The maximum absolute atomic E-state index is 6.51. The van der Waals surface area contributed by atoms with Gasteiger partial charge in [-0.3, -0.25) is 0 Å². The molecule has 2 heterocycles. The van der Waals surface area contributed by atoms with Crippen LogP contribution < -0.4 is 0 Å². The van der Waals surface area contributed by atoms with Crippen molar-refractivity contribution in [2.75, 3.05) is 0 Å². The van der Waals surface area contributed by atoms with Crippen LogP contribution in [0.3, 0.4) is 0 Å². The number of nitrogens with zero attached hydrogens (tertiary/aromatic N) is 2. The lowest BCUT2D eigenvalue weighted by Gasteiger charge is -2.11. The van der Waals surface area contributed by atoms with Crippen LogP contribution >= 0.6 is 35.6 Å². The molecule has 0 aliphatic carbocycles. The summed E-state index contributed by atoms with van der Waals surface area (Å²) in [6.45, 7) is 8.10.